The summed E-state index contributed by atoms with van der Waals surface area (Å²) in [4.78, 5) is 0. The van der Waals surface area contributed by atoms with Gasteiger partial charge in [-0.05, 0) is 35.4 Å². The quantitative estimate of drug-likeness (QED) is 0.866. The van der Waals surface area contributed by atoms with Crippen LogP contribution in [-0.2, 0) is 0 Å². The van der Waals surface area contributed by atoms with Crippen LogP contribution in [0.5, 0.6) is 0 Å². The van der Waals surface area contributed by atoms with Gasteiger partial charge in [-0.1, -0.05) is 29.8 Å². The predicted octanol–water partition coefficient (Wildman–Crippen LogP) is 3.70. The van der Waals surface area contributed by atoms with E-state index in [1.165, 1.54) is 6.07 Å². The van der Waals surface area contributed by atoms with Crippen LogP contribution in [0.4, 0.5) is 8.78 Å². The second-order valence-corrected chi connectivity index (χ2v) is 4.07. The molecule has 0 aromatic heterocycles. The molecule has 0 saturated heterocycles. The summed E-state index contributed by atoms with van der Waals surface area (Å²) in [6.45, 7) is 0. The fraction of sp³-hybridized carbons (Fsp3) is 0.0769. The third kappa shape index (κ3) is 2.62. The summed E-state index contributed by atoms with van der Waals surface area (Å²) in [5, 5.41) is 10.5. The minimum atomic E-state index is -1.02. The first kappa shape index (κ1) is 12.0. The van der Waals surface area contributed by atoms with Crippen LogP contribution in [0.3, 0.4) is 0 Å². The molecule has 0 unspecified atom stereocenters. The Kier molecular flexibility index (Phi) is 3.41. The van der Waals surface area contributed by atoms with Crippen molar-refractivity contribution in [3.05, 3.63) is 70.2 Å². The van der Waals surface area contributed by atoms with Crippen molar-refractivity contribution < 1.29 is 13.9 Å². The molecular weight excluding hydrogens is 246 g/mol. The van der Waals surface area contributed by atoms with E-state index in [1.54, 1.807) is 24.3 Å². The third-order valence-electron chi connectivity index (χ3n) is 2.42. The largest absolute Gasteiger partial charge is 0.384 e. The molecular formula is C13H9ClF2O. The normalized spacial score (nSPS) is 12.5. The fourth-order valence-corrected chi connectivity index (χ4v) is 1.75. The first-order chi connectivity index (χ1) is 8.08. The van der Waals surface area contributed by atoms with Crippen molar-refractivity contribution in [3.63, 3.8) is 0 Å². The van der Waals surface area contributed by atoms with Crippen molar-refractivity contribution in [1.82, 2.24) is 0 Å². The zero-order valence-electron chi connectivity index (χ0n) is 8.70. The van der Waals surface area contributed by atoms with E-state index < -0.39 is 17.7 Å². The summed E-state index contributed by atoms with van der Waals surface area (Å²) in [7, 11) is 0. The third-order valence-corrected chi connectivity index (χ3v) is 2.66. The summed E-state index contributed by atoms with van der Waals surface area (Å²) in [6, 6.07) is 9.89. The highest BCUT2D eigenvalue weighted by molar-refractivity contribution is 6.30. The van der Waals surface area contributed by atoms with Gasteiger partial charge in [0.2, 0.25) is 0 Å². The molecule has 2 aromatic rings. The molecule has 0 fully saturated rings. The number of halogens is 3. The Bertz CT molecular complexity index is 543. The van der Waals surface area contributed by atoms with Gasteiger partial charge in [0.1, 0.15) is 6.10 Å². The standard InChI is InChI=1S/C13H9ClF2O/c14-10-3-1-2-8(6-10)13(17)9-4-5-11(15)12(16)7-9/h1-7,13,17H/t13-/m1/s1. The minimum Gasteiger partial charge on any atom is -0.384 e. The highest BCUT2D eigenvalue weighted by atomic mass is 35.5. The highest BCUT2D eigenvalue weighted by Crippen LogP contribution is 2.25. The van der Waals surface area contributed by atoms with Crippen molar-refractivity contribution in [2.45, 2.75) is 6.10 Å². The number of aliphatic hydroxyl groups is 1. The summed E-state index contributed by atoms with van der Waals surface area (Å²) in [5.41, 5.74) is 0.815. The van der Waals surface area contributed by atoms with Crippen molar-refractivity contribution in [1.29, 1.82) is 0 Å². The molecule has 17 heavy (non-hydrogen) atoms. The maximum atomic E-state index is 13.0. The maximum Gasteiger partial charge on any atom is 0.159 e. The Morgan fingerprint density at radius 2 is 1.65 bits per heavy atom. The van der Waals surface area contributed by atoms with Gasteiger partial charge in [-0.3, -0.25) is 0 Å². The molecule has 0 spiro atoms. The smallest absolute Gasteiger partial charge is 0.159 e. The van der Waals surface area contributed by atoms with Crippen LogP contribution in [-0.4, -0.2) is 5.11 Å². The van der Waals surface area contributed by atoms with E-state index in [4.69, 9.17) is 11.6 Å². The summed E-state index contributed by atoms with van der Waals surface area (Å²) < 4.78 is 25.8. The second-order valence-electron chi connectivity index (χ2n) is 3.63. The van der Waals surface area contributed by atoms with Gasteiger partial charge in [-0.2, -0.15) is 0 Å². The van der Waals surface area contributed by atoms with Crippen molar-refractivity contribution in [2.24, 2.45) is 0 Å². The van der Waals surface area contributed by atoms with Gasteiger partial charge >= 0.3 is 0 Å². The Hall–Kier alpha value is -1.45. The maximum absolute atomic E-state index is 13.0. The van der Waals surface area contributed by atoms with E-state index in [0.717, 1.165) is 12.1 Å². The van der Waals surface area contributed by atoms with E-state index in [9.17, 15) is 13.9 Å². The zero-order chi connectivity index (χ0) is 12.4. The van der Waals surface area contributed by atoms with E-state index in [-0.39, 0.29) is 5.56 Å². The van der Waals surface area contributed by atoms with Gasteiger partial charge in [0.15, 0.2) is 11.6 Å². The summed E-state index contributed by atoms with van der Waals surface area (Å²) in [6.07, 6.45) is -1.02. The molecule has 88 valence electrons. The highest BCUT2D eigenvalue weighted by Gasteiger charge is 2.13. The van der Waals surface area contributed by atoms with Crippen LogP contribution in [0.2, 0.25) is 5.02 Å². The van der Waals surface area contributed by atoms with Crippen molar-refractivity contribution in [2.75, 3.05) is 0 Å². The van der Waals surface area contributed by atoms with Crippen LogP contribution < -0.4 is 0 Å². The molecule has 2 rings (SSSR count). The lowest BCUT2D eigenvalue weighted by Crippen LogP contribution is -2.00. The molecule has 1 nitrogen and oxygen atoms in total. The summed E-state index contributed by atoms with van der Waals surface area (Å²) in [5.74, 6) is -1.92. The zero-order valence-corrected chi connectivity index (χ0v) is 9.46. The number of aliphatic hydroxyl groups excluding tert-OH is 1. The van der Waals surface area contributed by atoms with Gasteiger partial charge in [-0.25, -0.2) is 8.78 Å². The Labute approximate surface area is 102 Å². The molecule has 0 heterocycles. The van der Waals surface area contributed by atoms with Gasteiger partial charge in [-0.15, -0.1) is 0 Å². The average Bonchev–Trinajstić information content (AvgIpc) is 2.32. The van der Waals surface area contributed by atoms with Gasteiger partial charge in [0, 0.05) is 5.02 Å². The van der Waals surface area contributed by atoms with E-state index in [0.29, 0.717) is 10.6 Å². The molecule has 0 aliphatic carbocycles. The van der Waals surface area contributed by atoms with Crippen LogP contribution in [0.15, 0.2) is 42.5 Å². The average molecular weight is 255 g/mol. The topological polar surface area (TPSA) is 20.2 Å². The molecule has 0 saturated carbocycles. The van der Waals surface area contributed by atoms with E-state index in [1.807, 2.05) is 0 Å². The number of hydrogen-bond donors (Lipinski definition) is 1. The molecule has 0 aliphatic rings. The number of benzene rings is 2. The molecule has 0 amide bonds. The Morgan fingerprint density at radius 1 is 0.941 bits per heavy atom. The Morgan fingerprint density at radius 3 is 2.29 bits per heavy atom. The Balaban J connectivity index is 2.36. The van der Waals surface area contributed by atoms with Crippen LogP contribution >= 0.6 is 11.6 Å². The molecule has 0 aliphatic heterocycles. The fourth-order valence-electron chi connectivity index (χ4n) is 1.55. The first-order valence-corrected chi connectivity index (χ1v) is 5.34. The molecule has 4 heteroatoms. The molecule has 1 atom stereocenters. The monoisotopic (exact) mass is 254 g/mol. The lowest BCUT2D eigenvalue weighted by atomic mass is 10.0. The van der Waals surface area contributed by atoms with Crippen LogP contribution in [0.25, 0.3) is 0 Å². The van der Waals surface area contributed by atoms with Gasteiger partial charge in [0.25, 0.3) is 0 Å². The summed E-state index contributed by atoms with van der Waals surface area (Å²) >= 11 is 5.79. The predicted molar refractivity (Wildman–Crippen MR) is 61.9 cm³/mol. The van der Waals surface area contributed by atoms with E-state index >= 15 is 0 Å². The number of rotatable bonds is 2. The second kappa shape index (κ2) is 4.82. The van der Waals surface area contributed by atoms with Gasteiger partial charge < -0.3 is 5.11 Å². The van der Waals surface area contributed by atoms with Gasteiger partial charge in [0.05, 0.1) is 0 Å². The molecule has 1 N–H and O–H groups in total. The molecule has 0 bridgehead atoms. The first-order valence-electron chi connectivity index (χ1n) is 4.96. The molecule has 0 radical (unpaired) electrons. The molecule has 2 aromatic carbocycles. The lowest BCUT2D eigenvalue weighted by molar-refractivity contribution is 0.219. The SMILES string of the molecule is O[C@H](c1cccc(Cl)c1)c1ccc(F)c(F)c1. The van der Waals surface area contributed by atoms with Crippen LogP contribution in [0.1, 0.15) is 17.2 Å². The van der Waals surface area contributed by atoms with E-state index in [2.05, 4.69) is 0 Å². The van der Waals surface area contributed by atoms with Crippen LogP contribution in [0, 0.1) is 11.6 Å². The number of hydrogen-bond acceptors (Lipinski definition) is 1. The lowest BCUT2D eigenvalue weighted by Gasteiger charge is -2.11. The van der Waals surface area contributed by atoms with Crippen molar-refractivity contribution >= 4 is 11.6 Å². The minimum absolute atomic E-state index is 0.283. The van der Waals surface area contributed by atoms with Crippen molar-refractivity contribution in [3.8, 4) is 0 Å².